The predicted octanol–water partition coefficient (Wildman–Crippen LogP) is 2.43. The van der Waals surface area contributed by atoms with Gasteiger partial charge in [0.1, 0.15) is 30.8 Å². The molecule has 2 aliphatic heterocycles. The largest absolute Gasteiger partial charge is 0.443 e. The van der Waals surface area contributed by atoms with E-state index in [1.54, 1.807) is 30.5 Å². The molecule has 198 valence electrons. The quantitative estimate of drug-likeness (QED) is 0.345. The second-order valence-electron chi connectivity index (χ2n) is 8.80. The molecular weight excluding hydrogens is 503 g/mol. The Hall–Kier alpha value is -4.59. The van der Waals surface area contributed by atoms with Crippen molar-refractivity contribution < 1.29 is 33.1 Å². The van der Waals surface area contributed by atoms with Gasteiger partial charge in [0, 0.05) is 23.7 Å². The zero-order chi connectivity index (χ0) is 26.8. The summed E-state index contributed by atoms with van der Waals surface area (Å²) in [6.07, 6.45) is 1.41. The van der Waals surface area contributed by atoms with Crippen LogP contribution in [0.25, 0.3) is 11.3 Å². The fourth-order valence-electron chi connectivity index (χ4n) is 4.12. The third-order valence-electron chi connectivity index (χ3n) is 6.02. The van der Waals surface area contributed by atoms with Gasteiger partial charge in [-0.3, -0.25) is 19.2 Å². The van der Waals surface area contributed by atoms with E-state index in [0.717, 1.165) is 5.56 Å². The van der Waals surface area contributed by atoms with Crippen molar-refractivity contribution in [2.75, 3.05) is 24.6 Å². The fraction of sp³-hybridized carbons (Fsp3) is 0.333. The number of ether oxygens (including phenoxy) is 3. The standard InChI is InChI=1S/C24H23FN6O7/c1-14(32)26-8-17-10-30(24(33)38-17)16-3-4-19(20(25)6-16)21-5-2-15(7-27-21)12-36-18-9-29-11-22(31(34)35)28-23(29)37-13-18/h2-7,11,17-18H,8-10,12-13H2,1H3,(H,26,32)/t17-,18-/m0/s1. The Balaban J connectivity index is 1.18. The van der Waals surface area contributed by atoms with Crippen LogP contribution in [0.15, 0.2) is 42.7 Å². The van der Waals surface area contributed by atoms with Crippen LogP contribution in [0.3, 0.4) is 0 Å². The molecule has 2 amide bonds. The number of amides is 2. The SMILES string of the molecule is CC(=O)NC[C@H]1CN(c2ccc(-c3ccc(CO[C@@H]4COc5nc([N+](=O)[O-])cn5C4)cn3)c(F)c2)C(=O)O1. The average molecular weight is 526 g/mol. The molecule has 2 atom stereocenters. The Morgan fingerprint density at radius 2 is 2.16 bits per heavy atom. The highest BCUT2D eigenvalue weighted by molar-refractivity contribution is 5.90. The summed E-state index contributed by atoms with van der Waals surface area (Å²) in [5.74, 6) is -1.07. The summed E-state index contributed by atoms with van der Waals surface area (Å²) in [5, 5.41) is 13.5. The van der Waals surface area contributed by atoms with Crippen LogP contribution < -0.4 is 15.0 Å². The van der Waals surface area contributed by atoms with Crippen LogP contribution in [0.4, 0.5) is 20.7 Å². The highest BCUT2D eigenvalue weighted by Crippen LogP contribution is 2.29. The molecule has 0 spiro atoms. The van der Waals surface area contributed by atoms with Crippen LogP contribution in [0.1, 0.15) is 12.5 Å². The lowest BCUT2D eigenvalue weighted by molar-refractivity contribution is -0.389. The molecule has 2 aliphatic rings. The molecule has 3 aromatic rings. The second-order valence-corrected chi connectivity index (χ2v) is 8.80. The van der Waals surface area contributed by atoms with Crippen molar-refractivity contribution in [3.63, 3.8) is 0 Å². The molecule has 14 heteroatoms. The lowest BCUT2D eigenvalue weighted by atomic mass is 10.1. The summed E-state index contributed by atoms with van der Waals surface area (Å²) in [6.45, 7) is 2.52. The minimum Gasteiger partial charge on any atom is -0.443 e. The van der Waals surface area contributed by atoms with Gasteiger partial charge in [-0.2, -0.15) is 0 Å². The van der Waals surface area contributed by atoms with Gasteiger partial charge in [0.2, 0.25) is 5.91 Å². The minimum absolute atomic E-state index is 0.180. The molecule has 5 rings (SSSR count). The average Bonchev–Trinajstić information content (AvgIpc) is 3.49. The van der Waals surface area contributed by atoms with Gasteiger partial charge in [-0.05, 0) is 34.8 Å². The van der Waals surface area contributed by atoms with Gasteiger partial charge < -0.3 is 29.6 Å². The first-order chi connectivity index (χ1) is 18.3. The van der Waals surface area contributed by atoms with Gasteiger partial charge in [0.05, 0.1) is 37.6 Å². The van der Waals surface area contributed by atoms with Crippen molar-refractivity contribution in [3.05, 3.63) is 64.2 Å². The molecule has 0 saturated carbocycles. The summed E-state index contributed by atoms with van der Waals surface area (Å²) >= 11 is 0. The number of hydrogen-bond acceptors (Lipinski definition) is 9. The highest BCUT2D eigenvalue weighted by Gasteiger charge is 2.33. The maximum atomic E-state index is 15.0. The van der Waals surface area contributed by atoms with E-state index in [9.17, 15) is 24.1 Å². The van der Waals surface area contributed by atoms with Crippen molar-refractivity contribution in [1.29, 1.82) is 0 Å². The third kappa shape index (κ3) is 5.39. The van der Waals surface area contributed by atoms with E-state index in [0.29, 0.717) is 17.9 Å². The number of nitro groups is 1. The highest BCUT2D eigenvalue weighted by atomic mass is 19.1. The molecule has 1 fully saturated rings. The van der Waals surface area contributed by atoms with Gasteiger partial charge in [-0.1, -0.05) is 6.07 Å². The number of rotatable bonds is 8. The number of carbonyl (C=O) groups is 2. The summed E-state index contributed by atoms with van der Waals surface area (Å²) in [4.78, 5) is 43.0. The molecule has 0 bridgehead atoms. The summed E-state index contributed by atoms with van der Waals surface area (Å²) in [7, 11) is 0. The van der Waals surface area contributed by atoms with Crippen LogP contribution in [0.2, 0.25) is 0 Å². The van der Waals surface area contributed by atoms with E-state index in [4.69, 9.17) is 14.2 Å². The first kappa shape index (κ1) is 25.1. The molecule has 2 aromatic heterocycles. The van der Waals surface area contributed by atoms with Gasteiger partial charge in [0.25, 0.3) is 0 Å². The number of nitrogens with one attached hydrogen (secondary N) is 1. The molecule has 1 aromatic carbocycles. The van der Waals surface area contributed by atoms with Crippen molar-refractivity contribution in [1.82, 2.24) is 19.9 Å². The van der Waals surface area contributed by atoms with Gasteiger partial charge in [0.15, 0.2) is 0 Å². The molecule has 0 aliphatic carbocycles. The number of carbonyl (C=O) groups excluding carboxylic acids is 2. The summed E-state index contributed by atoms with van der Waals surface area (Å²) < 4.78 is 33.0. The molecule has 0 unspecified atom stereocenters. The Morgan fingerprint density at radius 1 is 1.32 bits per heavy atom. The van der Waals surface area contributed by atoms with Crippen LogP contribution in [0, 0.1) is 15.9 Å². The van der Waals surface area contributed by atoms with E-state index in [1.807, 2.05) is 0 Å². The molecule has 38 heavy (non-hydrogen) atoms. The molecule has 1 saturated heterocycles. The monoisotopic (exact) mass is 526 g/mol. The Labute approximate surface area is 215 Å². The zero-order valence-corrected chi connectivity index (χ0v) is 20.2. The number of hydrogen-bond donors (Lipinski definition) is 1. The van der Waals surface area contributed by atoms with E-state index >= 15 is 0 Å². The van der Waals surface area contributed by atoms with Crippen molar-refractivity contribution in [2.24, 2.45) is 0 Å². The molecule has 13 nitrogen and oxygen atoms in total. The third-order valence-corrected chi connectivity index (χ3v) is 6.02. The zero-order valence-electron chi connectivity index (χ0n) is 20.2. The van der Waals surface area contributed by atoms with Crippen molar-refractivity contribution in [3.8, 4) is 17.3 Å². The molecular formula is C24H23FN6O7. The topological polar surface area (TPSA) is 151 Å². The number of halogens is 1. The second kappa shape index (κ2) is 10.4. The van der Waals surface area contributed by atoms with Gasteiger partial charge >= 0.3 is 17.9 Å². The number of anilines is 1. The smallest absolute Gasteiger partial charge is 0.414 e. The first-order valence-electron chi connectivity index (χ1n) is 11.7. The van der Waals surface area contributed by atoms with Gasteiger partial charge in [-0.25, -0.2) is 9.18 Å². The van der Waals surface area contributed by atoms with E-state index in [1.165, 1.54) is 28.7 Å². The predicted molar refractivity (Wildman–Crippen MR) is 129 cm³/mol. The minimum atomic E-state index is -0.610. The van der Waals surface area contributed by atoms with Gasteiger partial charge in [-0.15, -0.1) is 0 Å². The van der Waals surface area contributed by atoms with Crippen LogP contribution in [0.5, 0.6) is 6.01 Å². The van der Waals surface area contributed by atoms with Crippen LogP contribution >= 0.6 is 0 Å². The number of pyridine rings is 1. The number of benzene rings is 1. The first-order valence-corrected chi connectivity index (χ1v) is 11.7. The fourth-order valence-corrected chi connectivity index (χ4v) is 4.12. The maximum Gasteiger partial charge on any atom is 0.414 e. The van der Waals surface area contributed by atoms with Crippen molar-refractivity contribution in [2.45, 2.75) is 32.3 Å². The van der Waals surface area contributed by atoms with E-state index < -0.39 is 22.9 Å². The summed E-state index contributed by atoms with van der Waals surface area (Å²) in [5.41, 5.74) is 1.76. The number of nitrogens with zero attached hydrogens (tertiary/aromatic N) is 5. The van der Waals surface area contributed by atoms with Crippen molar-refractivity contribution >= 4 is 23.5 Å². The number of fused-ring (bicyclic) bond motifs is 1. The number of imidazole rings is 1. The Kier molecular flexibility index (Phi) is 6.87. The molecule has 4 heterocycles. The Morgan fingerprint density at radius 3 is 2.87 bits per heavy atom. The lowest BCUT2D eigenvalue weighted by Crippen LogP contribution is -2.33. The summed E-state index contributed by atoms with van der Waals surface area (Å²) in [6, 6.07) is 8.00. The van der Waals surface area contributed by atoms with Crippen LogP contribution in [-0.2, 0) is 27.4 Å². The normalized spacial score (nSPS) is 18.5. The maximum absolute atomic E-state index is 15.0. The molecule has 1 N–H and O–H groups in total. The lowest BCUT2D eigenvalue weighted by Gasteiger charge is -2.22. The number of aromatic nitrogens is 3. The number of cyclic esters (lactones) is 1. The van der Waals surface area contributed by atoms with E-state index in [-0.39, 0.29) is 55.7 Å². The molecule has 0 radical (unpaired) electrons. The van der Waals surface area contributed by atoms with E-state index in [2.05, 4.69) is 15.3 Å². The van der Waals surface area contributed by atoms with Crippen LogP contribution in [-0.4, -0.2) is 63.4 Å². The Bertz CT molecular complexity index is 1380.